The Bertz CT molecular complexity index is 366. The van der Waals surface area contributed by atoms with Crippen LogP contribution >= 0.6 is 0 Å². The first-order valence-electron chi connectivity index (χ1n) is 6.97. The summed E-state index contributed by atoms with van der Waals surface area (Å²) in [6, 6.07) is 0.709. The van der Waals surface area contributed by atoms with Crippen LogP contribution in [0.1, 0.15) is 36.5 Å². The second-order valence-electron chi connectivity index (χ2n) is 5.72. The summed E-state index contributed by atoms with van der Waals surface area (Å²) in [7, 11) is 4.44. The summed E-state index contributed by atoms with van der Waals surface area (Å²) in [6.07, 6.45) is 4.06. The van der Waals surface area contributed by atoms with E-state index in [1.165, 1.54) is 31.5 Å². The molecule has 0 saturated carbocycles. The number of hydrogen-bond donors (Lipinski definition) is 1. The van der Waals surface area contributed by atoms with Crippen molar-refractivity contribution < 1.29 is 0 Å². The van der Waals surface area contributed by atoms with Gasteiger partial charge in [-0.05, 0) is 47.3 Å². The number of H-pyrrole nitrogens is 1. The zero-order valence-electron chi connectivity index (χ0n) is 12.2. The van der Waals surface area contributed by atoms with Gasteiger partial charge in [-0.1, -0.05) is 6.42 Å². The molecular weight excluding hydrogens is 224 g/mol. The van der Waals surface area contributed by atoms with Crippen LogP contribution in [0.5, 0.6) is 0 Å². The molecule has 4 heteroatoms. The molecule has 1 aromatic heterocycles. The highest BCUT2D eigenvalue weighted by atomic mass is 15.2. The fourth-order valence-electron chi connectivity index (χ4n) is 2.75. The molecule has 4 nitrogen and oxygen atoms in total. The van der Waals surface area contributed by atoms with Crippen molar-refractivity contribution in [3.63, 3.8) is 0 Å². The van der Waals surface area contributed by atoms with E-state index >= 15 is 0 Å². The number of hydrogen-bond acceptors (Lipinski definition) is 3. The predicted molar refractivity (Wildman–Crippen MR) is 74.7 cm³/mol. The number of imidazole rings is 1. The molecule has 1 atom stereocenters. The van der Waals surface area contributed by atoms with Gasteiger partial charge in [0.15, 0.2) is 0 Å². The van der Waals surface area contributed by atoms with Crippen molar-refractivity contribution in [2.24, 2.45) is 0 Å². The average Bonchev–Trinajstić information content (AvgIpc) is 2.61. The summed E-state index contributed by atoms with van der Waals surface area (Å²) in [5.74, 6) is 1.09. The summed E-state index contributed by atoms with van der Waals surface area (Å²) < 4.78 is 0. The number of nitrogens with one attached hydrogen (secondary N) is 1. The van der Waals surface area contributed by atoms with E-state index < -0.39 is 0 Å². The van der Waals surface area contributed by atoms with Gasteiger partial charge >= 0.3 is 0 Å². The van der Waals surface area contributed by atoms with Crippen molar-refractivity contribution in [3.05, 3.63) is 17.2 Å². The average molecular weight is 250 g/mol. The summed E-state index contributed by atoms with van der Waals surface area (Å²) in [6.45, 7) is 7.44. The molecule has 1 N–H and O–H groups in total. The SMILES string of the molecule is Cc1nc(CN(C)C[C@H]2CCCCN2C)[nH]c1C. The second-order valence-corrected chi connectivity index (χ2v) is 5.72. The first kappa shape index (κ1) is 13.6. The number of aryl methyl sites for hydroxylation is 2. The molecule has 2 rings (SSSR count). The number of likely N-dealkylation sites (tertiary alicyclic amines) is 1. The predicted octanol–water partition coefficient (Wildman–Crippen LogP) is 1.94. The van der Waals surface area contributed by atoms with Crippen molar-refractivity contribution in [2.45, 2.75) is 45.7 Å². The lowest BCUT2D eigenvalue weighted by Crippen LogP contribution is -2.43. The monoisotopic (exact) mass is 250 g/mol. The van der Waals surface area contributed by atoms with Crippen molar-refractivity contribution in [1.29, 1.82) is 0 Å². The molecule has 0 aliphatic carbocycles. The number of aromatic nitrogens is 2. The molecular formula is C14H26N4. The Labute approximate surface area is 110 Å². The van der Waals surface area contributed by atoms with Crippen LogP contribution in [0.2, 0.25) is 0 Å². The number of rotatable bonds is 4. The molecule has 0 spiro atoms. The van der Waals surface area contributed by atoms with Gasteiger partial charge in [-0.15, -0.1) is 0 Å². The van der Waals surface area contributed by atoms with E-state index in [1.54, 1.807) is 0 Å². The maximum absolute atomic E-state index is 4.55. The minimum Gasteiger partial charge on any atom is -0.345 e. The molecule has 1 saturated heterocycles. The van der Waals surface area contributed by atoms with Gasteiger partial charge in [0.25, 0.3) is 0 Å². The standard InChI is InChI=1S/C14H26N4/c1-11-12(2)16-14(15-11)10-17(3)9-13-7-5-6-8-18(13)4/h13H,5-10H2,1-4H3,(H,15,16)/t13-/m1/s1. The van der Waals surface area contributed by atoms with Gasteiger partial charge in [0.05, 0.1) is 12.2 Å². The van der Waals surface area contributed by atoms with Gasteiger partial charge in [0.2, 0.25) is 0 Å². The zero-order chi connectivity index (χ0) is 13.1. The first-order valence-corrected chi connectivity index (χ1v) is 6.97. The van der Waals surface area contributed by atoms with Gasteiger partial charge in [-0.25, -0.2) is 4.98 Å². The lowest BCUT2D eigenvalue weighted by Gasteiger charge is -2.35. The third-order valence-corrected chi connectivity index (χ3v) is 4.04. The van der Waals surface area contributed by atoms with Crippen LogP contribution in [0.15, 0.2) is 0 Å². The van der Waals surface area contributed by atoms with E-state index in [4.69, 9.17) is 0 Å². The minimum absolute atomic E-state index is 0.709. The Morgan fingerprint density at radius 2 is 2.17 bits per heavy atom. The maximum Gasteiger partial charge on any atom is 0.120 e. The largest absolute Gasteiger partial charge is 0.345 e. The van der Waals surface area contributed by atoms with E-state index in [9.17, 15) is 0 Å². The highest BCUT2D eigenvalue weighted by Gasteiger charge is 2.20. The number of aromatic amines is 1. The Balaban J connectivity index is 1.86. The smallest absolute Gasteiger partial charge is 0.120 e. The van der Waals surface area contributed by atoms with Crippen molar-refractivity contribution >= 4 is 0 Å². The number of nitrogens with zero attached hydrogens (tertiary/aromatic N) is 3. The zero-order valence-corrected chi connectivity index (χ0v) is 12.2. The van der Waals surface area contributed by atoms with Gasteiger partial charge in [-0.2, -0.15) is 0 Å². The van der Waals surface area contributed by atoms with Gasteiger partial charge < -0.3 is 9.88 Å². The number of likely N-dealkylation sites (N-methyl/N-ethyl adjacent to an activating group) is 2. The van der Waals surface area contributed by atoms with Crippen molar-refractivity contribution in [1.82, 2.24) is 19.8 Å². The molecule has 1 aromatic rings. The molecule has 102 valence electrons. The van der Waals surface area contributed by atoms with Gasteiger partial charge in [0.1, 0.15) is 5.82 Å². The molecule has 1 aliphatic rings. The van der Waals surface area contributed by atoms with Gasteiger partial charge in [-0.3, -0.25) is 4.90 Å². The molecule has 2 heterocycles. The Morgan fingerprint density at radius 3 is 2.78 bits per heavy atom. The first-order chi connectivity index (χ1) is 8.56. The lowest BCUT2D eigenvalue weighted by molar-refractivity contribution is 0.137. The fraction of sp³-hybridized carbons (Fsp3) is 0.786. The van der Waals surface area contributed by atoms with Crippen LogP contribution in [-0.4, -0.2) is 53.0 Å². The van der Waals surface area contributed by atoms with Gasteiger partial charge in [0, 0.05) is 18.3 Å². The molecule has 1 fully saturated rings. The van der Waals surface area contributed by atoms with E-state index in [0.717, 1.165) is 24.6 Å². The van der Waals surface area contributed by atoms with Crippen LogP contribution < -0.4 is 0 Å². The quantitative estimate of drug-likeness (QED) is 0.887. The highest BCUT2D eigenvalue weighted by molar-refractivity contribution is 5.10. The van der Waals surface area contributed by atoms with E-state index in [-0.39, 0.29) is 0 Å². The third kappa shape index (κ3) is 3.33. The lowest BCUT2D eigenvalue weighted by atomic mass is 10.0. The fourth-order valence-corrected chi connectivity index (χ4v) is 2.75. The maximum atomic E-state index is 4.55. The molecule has 1 aliphatic heterocycles. The van der Waals surface area contributed by atoms with Crippen LogP contribution in [0.4, 0.5) is 0 Å². The summed E-state index contributed by atoms with van der Waals surface area (Å²) >= 11 is 0. The van der Waals surface area contributed by atoms with Crippen LogP contribution in [0, 0.1) is 13.8 Å². The van der Waals surface area contributed by atoms with Crippen LogP contribution in [-0.2, 0) is 6.54 Å². The highest BCUT2D eigenvalue weighted by Crippen LogP contribution is 2.16. The van der Waals surface area contributed by atoms with Crippen LogP contribution in [0.3, 0.4) is 0 Å². The molecule has 0 unspecified atom stereocenters. The van der Waals surface area contributed by atoms with Crippen molar-refractivity contribution in [3.8, 4) is 0 Å². The molecule has 18 heavy (non-hydrogen) atoms. The summed E-state index contributed by atoms with van der Waals surface area (Å²) in [4.78, 5) is 12.8. The Morgan fingerprint density at radius 1 is 1.39 bits per heavy atom. The van der Waals surface area contributed by atoms with E-state index in [2.05, 4.69) is 47.7 Å². The number of piperidine rings is 1. The minimum atomic E-state index is 0.709. The second kappa shape index (κ2) is 5.85. The summed E-state index contributed by atoms with van der Waals surface area (Å²) in [5, 5.41) is 0. The van der Waals surface area contributed by atoms with E-state index in [0.29, 0.717) is 6.04 Å². The van der Waals surface area contributed by atoms with E-state index in [1.807, 2.05) is 0 Å². The summed E-state index contributed by atoms with van der Waals surface area (Å²) in [5.41, 5.74) is 2.31. The van der Waals surface area contributed by atoms with Crippen molar-refractivity contribution in [2.75, 3.05) is 27.2 Å². The van der Waals surface area contributed by atoms with Crippen LogP contribution in [0.25, 0.3) is 0 Å². The topological polar surface area (TPSA) is 35.2 Å². The molecule has 0 bridgehead atoms. The molecule has 0 aromatic carbocycles. The Kier molecular flexibility index (Phi) is 4.40. The normalized spacial score (nSPS) is 21.7. The Hall–Kier alpha value is -0.870. The molecule has 0 radical (unpaired) electrons. The molecule has 0 amide bonds. The third-order valence-electron chi connectivity index (χ3n) is 4.04.